The van der Waals surface area contributed by atoms with Gasteiger partial charge < -0.3 is 25.3 Å². The average molecular weight is 331 g/mol. The molecule has 128 valence electrons. The molecule has 8 nitrogen and oxygen atoms in total. The van der Waals surface area contributed by atoms with Gasteiger partial charge in [0.1, 0.15) is 11.4 Å². The molecule has 0 bridgehead atoms. The van der Waals surface area contributed by atoms with Crippen LogP contribution in [0.5, 0.6) is 0 Å². The van der Waals surface area contributed by atoms with Crippen LogP contribution in [-0.4, -0.2) is 66.1 Å². The highest BCUT2D eigenvalue weighted by Gasteiger charge is 2.13. The molecule has 2 amide bonds. The van der Waals surface area contributed by atoms with Gasteiger partial charge in [0, 0.05) is 38.6 Å². The average Bonchev–Trinajstić information content (AvgIpc) is 3.27. The number of rotatable bonds is 6. The molecule has 8 heteroatoms. The normalized spacial score (nSPS) is 15.2. The van der Waals surface area contributed by atoms with Crippen molar-refractivity contribution in [3.05, 3.63) is 42.0 Å². The van der Waals surface area contributed by atoms with Crippen LogP contribution in [0.25, 0.3) is 0 Å². The van der Waals surface area contributed by atoms with Gasteiger partial charge in [-0.2, -0.15) is 0 Å². The van der Waals surface area contributed by atoms with Crippen LogP contribution in [0.1, 0.15) is 21.0 Å². The lowest BCUT2D eigenvalue weighted by Gasteiger charge is -2.26. The number of H-pyrrole nitrogens is 2. The number of morpholine rings is 1. The number of ether oxygens (including phenoxy) is 1. The lowest BCUT2D eigenvalue weighted by molar-refractivity contribution is 0.0383. The molecule has 0 saturated carbocycles. The topological polar surface area (TPSA) is 102 Å². The van der Waals surface area contributed by atoms with Crippen molar-refractivity contribution >= 4 is 17.5 Å². The van der Waals surface area contributed by atoms with Gasteiger partial charge in [0.05, 0.1) is 18.9 Å². The van der Waals surface area contributed by atoms with Gasteiger partial charge in [0.25, 0.3) is 11.8 Å². The molecule has 1 aliphatic heterocycles. The Morgan fingerprint density at radius 2 is 2.00 bits per heavy atom. The largest absolute Gasteiger partial charge is 0.379 e. The van der Waals surface area contributed by atoms with E-state index in [1.165, 1.54) is 0 Å². The van der Waals surface area contributed by atoms with E-state index in [0.29, 0.717) is 23.6 Å². The molecule has 2 aromatic rings. The van der Waals surface area contributed by atoms with E-state index < -0.39 is 0 Å². The molecule has 1 fully saturated rings. The number of aromatic nitrogens is 2. The lowest BCUT2D eigenvalue weighted by atomic mass is 10.3. The molecule has 1 saturated heterocycles. The second-order valence-corrected chi connectivity index (χ2v) is 5.55. The molecule has 2 aromatic heterocycles. The van der Waals surface area contributed by atoms with Crippen molar-refractivity contribution in [1.82, 2.24) is 20.2 Å². The number of hydrogen-bond acceptors (Lipinski definition) is 4. The smallest absolute Gasteiger partial charge is 0.272 e. The fraction of sp³-hybridized carbons (Fsp3) is 0.375. The molecule has 4 N–H and O–H groups in total. The highest BCUT2D eigenvalue weighted by Crippen LogP contribution is 2.11. The number of hydrogen-bond donors (Lipinski definition) is 4. The molecule has 0 atom stereocenters. The molecule has 3 heterocycles. The first-order chi connectivity index (χ1) is 11.7. The predicted octanol–water partition coefficient (Wildman–Crippen LogP) is 0.657. The van der Waals surface area contributed by atoms with E-state index in [2.05, 4.69) is 25.5 Å². The number of nitrogens with zero attached hydrogens (tertiary/aromatic N) is 1. The summed E-state index contributed by atoms with van der Waals surface area (Å²) in [5.74, 6) is -0.443. The van der Waals surface area contributed by atoms with Gasteiger partial charge in [-0.15, -0.1) is 0 Å². The van der Waals surface area contributed by atoms with E-state index in [9.17, 15) is 9.59 Å². The maximum absolute atomic E-state index is 12.1. The first kappa shape index (κ1) is 16.3. The van der Waals surface area contributed by atoms with Gasteiger partial charge in [0.2, 0.25) is 0 Å². The van der Waals surface area contributed by atoms with E-state index in [0.717, 1.165) is 32.8 Å². The van der Waals surface area contributed by atoms with Gasteiger partial charge in [-0.25, -0.2) is 0 Å². The highest BCUT2D eigenvalue weighted by atomic mass is 16.5. The monoisotopic (exact) mass is 331 g/mol. The Bertz CT molecular complexity index is 674. The van der Waals surface area contributed by atoms with E-state index >= 15 is 0 Å². The third-order valence-electron chi connectivity index (χ3n) is 3.85. The molecule has 1 aliphatic rings. The first-order valence-corrected chi connectivity index (χ1v) is 7.94. The zero-order chi connectivity index (χ0) is 16.8. The zero-order valence-electron chi connectivity index (χ0n) is 13.3. The van der Waals surface area contributed by atoms with Crippen LogP contribution in [0.15, 0.2) is 30.6 Å². The van der Waals surface area contributed by atoms with Gasteiger partial charge in [-0.1, -0.05) is 0 Å². The third-order valence-corrected chi connectivity index (χ3v) is 3.85. The maximum atomic E-state index is 12.1. The molecule has 0 aromatic carbocycles. The van der Waals surface area contributed by atoms with Crippen molar-refractivity contribution in [2.45, 2.75) is 0 Å². The second-order valence-electron chi connectivity index (χ2n) is 5.55. The van der Waals surface area contributed by atoms with Crippen molar-refractivity contribution in [2.75, 3.05) is 44.7 Å². The number of carbonyl (C=O) groups is 2. The van der Waals surface area contributed by atoms with Crippen LogP contribution in [0.2, 0.25) is 0 Å². The summed E-state index contributed by atoms with van der Waals surface area (Å²) in [5, 5.41) is 5.59. The summed E-state index contributed by atoms with van der Waals surface area (Å²) in [6, 6.07) is 5.05. The number of nitrogens with one attached hydrogen (secondary N) is 4. The fourth-order valence-electron chi connectivity index (χ4n) is 2.52. The number of anilines is 1. The standard InChI is InChI=1S/C16H21N5O3/c22-15(18-4-5-21-6-8-24-9-7-21)14-10-12(11-19-14)20-16(23)13-2-1-3-17-13/h1-3,10-11,17,19H,4-9H2,(H,18,22)(H,20,23). The van der Waals surface area contributed by atoms with Crippen LogP contribution in [0.4, 0.5) is 5.69 Å². The molecule has 0 unspecified atom stereocenters. The predicted molar refractivity (Wildman–Crippen MR) is 89.1 cm³/mol. The molecule has 0 radical (unpaired) electrons. The van der Waals surface area contributed by atoms with Gasteiger partial charge in [-0.05, 0) is 18.2 Å². The second kappa shape index (κ2) is 7.80. The molecule has 0 spiro atoms. The van der Waals surface area contributed by atoms with Gasteiger partial charge in [0.15, 0.2) is 0 Å². The minimum absolute atomic E-state index is 0.191. The van der Waals surface area contributed by atoms with Crippen LogP contribution in [0.3, 0.4) is 0 Å². The molecular weight excluding hydrogens is 310 g/mol. The third kappa shape index (κ3) is 4.24. The number of amides is 2. The number of carbonyl (C=O) groups excluding carboxylic acids is 2. The Labute approximate surface area is 139 Å². The Balaban J connectivity index is 1.45. The summed E-state index contributed by atoms with van der Waals surface area (Å²) >= 11 is 0. The van der Waals surface area contributed by atoms with Crippen LogP contribution in [0, 0.1) is 0 Å². The Morgan fingerprint density at radius 1 is 1.17 bits per heavy atom. The SMILES string of the molecule is O=C(NCCN1CCOCC1)c1cc(NC(=O)c2ccc[nH]2)c[nH]1. The van der Waals surface area contributed by atoms with Crippen molar-refractivity contribution in [2.24, 2.45) is 0 Å². The van der Waals surface area contributed by atoms with Crippen molar-refractivity contribution in [3.63, 3.8) is 0 Å². The zero-order valence-corrected chi connectivity index (χ0v) is 13.3. The number of aromatic amines is 2. The summed E-state index contributed by atoms with van der Waals surface area (Å²) in [7, 11) is 0. The van der Waals surface area contributed by atoms with Crippen LogP contribution < -0.4 is 10.6 Å². The van der Waals surface area contributed by atoms with E-state index in [-0.39, 0.29) is 11.8 Å². The summed E-state index contributed by atoms with van der Waals surface area (Å²) in [6.07, 6.45) is 3.27. The van der Waals surface area contributed by atoms with Crippen LogP contribution in [-0.2, 0) is 4.74 Å². The van der Waals surface area contributed by atoms with Crippen molar-refractivity contribution in [3.8, 4) is 0 Å². The minimum atomic E-state index is -0.252. The molecular formula is C16H21N5O3. The summed E-state index contributed by atoms with van der Waals surface area (Å²) in [4.78, 5) is 32.0. The summed E-state index contributed by atoms with van der Waals surface area (Å²) in [6.45, 7) is 4.65. The maximum Gasteiger partial charge on any atom is 0.272 e. The quantitative estimate of drug-likeness (QED) is 0.624. The van der Waals surface area contributed by atoms with E-state index in [1.807, 2.05) is 0 Å². The fourth-order valence-corrected chi connectivity index (χ4v) is 2.52. The van der Waals surface area contributed by atoms with Crippen molar-refractivity contribution < 1.29 is 14.3 Å². The summed E-state index contributed by atoms with van der Waals surface area (Å²) in [5.41, 5.74) is 1.43. The molecule has 3 rings (SSSR count). The Hall–Kier alpha value is -2.58. The summed E-state index contributed by atoms with van der Waals surface area (Å²) < 4.78 is 5.29. The van der Waals surface area contributed by atoms with Crippen LogP contribution >= 0.6 is 0 Å². The highest BCUT2D eigenvalue weighted by molar-refractivity contribution is 6.03. The van der Waals surface area contributed by atoms with Crippen molar-refractivity contribution in [1.29, 1.82) is 0 Å². The minimum Gasteiger partial charge on any atom is -0.379 e. The van der Waals surface area contributed by atoms with E-state index in [1.54, 1.807) is 30.6 Å². The molecule has 0 aliphatic carbocycles. The first-order valence-electron chi connectivity index (χ1n) is 7.94. The lowest BCUT2D eigenvalue weighted by Crippen LogP contribution is -2.41. The Kier molecular flexibility index (Phi) is 5.29. The van der Waals surface area contributed by atoms with Gasteiger partial charge >= 0.3 is 0 Å². The Morgan fingerprint density at radius 3 is 2.75 bits per heavy atom. The molecule has 24 heavy (non-hydrogen) atoms. The van der Waals surface area contributed by atoms with Gasteiger partial charge in [-0.3, -0.25) is 14.5 Å². The van der Waals surface area contributed by atoms with E-state index in [4.69, 9.17) is 4.74 Å².